The fraction of sp³-hybridized carbons (Fsp3) is 0.474. The van der Waals surface area contributed by atoms with Crippen molar-refractivity contribution in [3.05, 3.63) is 34.2 Å². The van der Waals surface area contributed by atoms with Gasteiger partial charge in [-0.1, -0.05) is 55.7 Å². The van der Waals surface area contributed by atoms with E-state index < -0.39 is 0 Å². The Hall–Kier alpha value is -1.33. The fourth-order valence-corrected chi connectivity index (χ4v) is 4.75. The first kappa shape index (κ1) is 17.5. The van der Waals surface area contributed by atoms with E-state index >= 15 is 0 Å². The lowest BCUT2D eigenvalue weighted by molar-refractivity contribution is -0.122. The van der Waals surface area contributed by atoms with Gasteiger partial charge in [-0.15, -0.1) is 0 Å². The molecule has 3 nitrogen and oxygen atoms in total. The summed E-state index contributed by atoms with van der Waals surface area (Å²) in [5, 5.41) is 0. The zero-order valence-electron chi connectivity index (χ0n) is 14.2. The zero-order chi connectivity index (χ0) is 17.1. The minimum absolute atomic E-state index is 0.0523. The van der Waals surface area contributed by atoms with Crippen LogP contribution in [0, 0.1) is 12.8 Å². The van der Waals surface area contributed by atoms with Gasteiger partial charge in [0.2, 0.25) is 0 Å². The number of aryl methyl sites for hydroxylation is 1. The van der Waals surface area contributed by atoms with Gasteiger partial charge >= 0.3 is 0 Å². The quantitative estimate of drug-likeness (QED) is 0.557. The van der Waals surface area contributed by atoms with Crippen LogP contribution in [0.15, 0.2) is 23.1 Å². The van der Waals surface area contributed by atoms with Crippen molar-refractivity contribution in [2.24, 2.45) is 5.92 Å². The molecule has 0 N–H and O–H groups in total. The van der Waals surface area contributed by atoms with Crippen molar-refractivity contribution in [1.29, 1.82) is 0 Å². The Morgan fingerprint density at radius 3 is 2.79 bits per heavy atom. The molecule has 3 rings (SSSR count). The van der Waals surface area contributed by atoms with E-state index in [1.165, 1.54) is 37.4 Å². The van der Waals surface area contributed by atoms with E-state index in [0.717, 1.165) is 40.7 Å². The van der Waals surface area contributed by atoms with Gasteiger partial charge in [0.05, 0.1) is 12.0 Å². The van der Waals surface area contributed by atoms with Crippen molar-refractivity contribution in [1.82, 2.24) is 4.90 Å². The summed E-state index contributed by atoms with van der Waals surface area (Å²) in [6, 6.07) is 5.93. The monoisotopic (exact) mass is 361 g/mol. The van der Waals surface area contributed by atoms with Gasteiger partial charge in [0.15, 0.2) is 0 Å². The van der Waals surface area contributed by atoms with Gasteiger partial charge < -0.3 is 4.74 Å². The first-order valence-corrected chi connectivity index (χ1v) is 9.71. The fourth-order valence-electron chi connectivity index (χ4n) is 3.45. The maximum absolute atomic E-state index is 12.7. The Morgan fingerprint density at radius 1 is 1.38 bits per heavy atom. The topological polar surface area (TPSA) is 29.5 Å². The molecule has 1 aliphatic carbocycles. The molecule has 0 atom stereocenters. The number of thioether (sulfide) groups is 1. The molecule has 1 heterocycles. The van der Waals surface area contributed by atoms with Crippen molar-refractivity contribution >= 4 is 40.3 Å². The molecule has 0 radical (unpaired) electrons. The molecule has 1 aromatic rings. The predicted molar refractivity (Wildman–Crippen MR) is 104 cm³/mol. The maximum atomic E-state index is 12.7. The third-order valence-corrected chi connectivity index (χ3v) is 6.20. The van der Waals surface area contributed by atoms with Crippen molar-refractivity contribution in [2.45, 2.75) is 39.0 Å². The zero-order valence-corrected chi connectivity index (χ0v) is 15.8. The molecule has 128 valence electrons. The van der Waals surface area contributed by atoms with E-state index in [0.29, 0.717) is 4.32 Å². The highest BCUT2D eigenvalue weighted by Gasteiger charge is 2.32. The first-order valence-electron chi connectivity index (χ1n) is 8.48. The van der Waals surface area contributed by atoms with Crippen LogP contribution in [0.1, 0.15) is 43.2 Å². The Morgan fingerprint density at radius 2 is 2.12 bits per heavy atom. The Bertz CT molecular complexity index is 678. The number of nitrogens with zero attached hydrogens (tertiary/aromatic N) is 1. The van der Waals surface area contributed by atoms with Crippen LogP contribution < -0.4 is 4.74 Å². The summed E-state index contributed by atoms with van der Waals surface area (Å²) in [7, 11) is 1.66. The van der Waals surface area contributed by atoms with Crippen molar-refractivity contribution < 1.29 is 9.53 Å². The molecular formula is C19H23NO2S2. The van der Waals surface area contributed by atoms with E-state index in [2.05, 4.69) is 0 Å². The number of hydrogen-bond donors (Lipinski definition) is 0. The highest BCUT2D eigenvalue weighted by molar-refractivity contribution is 8.26. The summed E-state index contributed by atoms with van der Waals surface area (Å²) in [6.45, 7) is 2.76. The molecule has 0 spiro atoms. The molecule has 2 aliphatic rings. The maximum Gasteiger partial charge on any atom is 0.266 e. The summed E-state index contributed by atoms with van der Waals surface area (Å²) in [6.07, 6.45) is 8.27. The van der Waals surface area contributed by atoms with Gasteiger partial charge in [-0.3, -0.25) is 9.69 Å². The Kier molecular flexibility index (Phi) is 5.61. The third kappa shape index (κ3) is 3.83. The lowest BCUT2D eigenvalue weighted by Crippen LogP contribution is -2.30. The summed E-state index contributed by atoms with van der Waals surface area (Å²) in [5.41, 5.74) is 2.06. The number of carbonyl (C=O) groups is 1. The average Bonchev–Trinajstić information content (AvgIpc) is 3.15. The van der Waals surface area contributed by atoms with Crippen molar-refractivity contribution in [3.63, 3.8) is 0 Å². The molecule has 1 aliphatic heterocycles. The van der Waals surface area contributed by atoms with Gasteiger partial charge in [-0.05, 0) is 48.6 Å². The highest BCUT2D eigenvalue weighted by atomic mass is 32.2. The van der Waals surface area contributed by atoms with E-state index in [4.69, 9.17) is 17.0 Å². The van der Waals surface area contributed by atoms with Gasteiger partial charge in [-0.2, -0.15) is 0 Å². The lowest BCUT2D eigenvalue weighted by atomic mass is 10.0. The molecule has 1 saturated heterocycles. The van der Waals surface area contributed by atoms with Gasteiger partial charge in [0.1, 0.15) is 10.1 Å². The van der Waals surface area contributed by atoms with Crippen LogP contribution in [0.3, 0.4) is 0 Å². The van der Waals surface area contributed by atoms with E-state index in [1.54, 1.807) is 12.0 Å². The van der Waals surface area contributed by atoms with Gasteiger partial charge in [0.25, 0.3) is 5.91 Å². The number of amides is 1. The standard InChI is InChI=1S/C19H23NO2S2/c1-13-11-15(7-8-16(13)22-2)12-17-18(21)20(19(23)24-17)10-9-14-5-3-4-6-14/h7-8,11-12,14H,3-6,9-10H2,1-2H3. The van der Waals surface area contributed by atoms with Crippen molar-refractivity contribution in [2.75, 3.05) is 13.7 Å². The molecule has 5 heteroatoms. The van der Waals surface area contributed by atoms with Crippen LogP contribution in [0.5, 0.6) is 5.75 Å². The molecule has 0 bridgehead atoms. The number of thiocarbonyl (C=S) groups is 1. The number of methoxy groups -OCH3 is 1. The van der Waals surface area contributed by atoms with Gasteiger partial charge in [0, 0.05) is 6.54 Å². The second-order valence-corrected chi connectivity index (χ2v) is 8.18. The summed E-state index contributed by atoms with van der Waals surface area (Å²) in [4.78, 5) is 15.2. The average molecular weight is 362 g/mol. The number of rotatable bonds is 5. The Balaban J connectivity index is 1.69. The van der Waals surface area contributed by atoms with Gasteiger partial charge in [-0.25, -0.2) is 0 Å². The lowest BCUT2D eigenvalue weighted by Gasteiger charge is -2.17. The second kappa shape index (κ2) is 7.70. The normalized spacial score (nSPS) is 20.4. The molecule has 1 amide bonds. The molecule has 0 aromatic heterocycles. The van der Waals surface area contributed by atoms with Crippen molar-refractivity contribution in [3.8, 4) is 5.75 Å². The van der Waals surface area contributed by atoms with Crippen LogP contribution in [0.4, 0.5) is 0 Å². The third-order valence-electron chi connectivity index (χ3n) is 4.83. The smallest absolute Gasteiger partial charge is 0.266 e. The van der Waals surface area contributed by atoms with Crippen LogP contribution in [0.25, 0.3) is 6.08 Å². The molecule has 1 saturated carbocycles. The number of benzene rings is 1. The predicted octanol–water partition coefficient (Wildman–Crippen LogP) is 4.79. The summed E-state index contributed by atoms with van der Waals surface area (Å²) in [5.74, 6) is 1.68. The second-order valence-electron chi connectivity index (χ2n) is 6.50. The minimum atomic E-state index is 0.0523. The van der Waals surface area contributed by atoms with Crippen LogP contribution >= 0.6 is 24.0 Å². The number of carbonyl (C=O) groups excluding carboxylic acids is 1. The molecule has 2 fully saturated rings. The first-order chi connectivity index (χ1) is 11.6. The van der Waals surface area contributed by atoms with Crippen LogP contribution in [0.2, 0.25) is 0 Å². The van der Waals surface area contributed by atoms with Crippen LogP contribution in [-0.4, -0.2) is 28.8 Å². The van der Waals surface area contributed by atoms with E-state index in [1.807, 2.05) is 31.2 Å². The summed E-state index contributed by atoms with van der Waals surface area (Å²) >= 11 is 6.84. The summed E-state index contributed by atoms with van der Waals surface area (Å²) < 4.78 is 5.97. The highest BCUT2D eigenvalue weighted by Crippen LogP contribution is 2.35. The van der Waals surface area contributed by atoms with E-state index in [9.17, 15) is 4.79 Å². The number of hydrogen-bond acceptors (Lipinski definition) is 4. The van der Waals surface area contributed by atoms with E-state index in [-0.39, 0.29) is 5.91 Å². The number of ether oxygens (including phenoxy) is 1. The largest absolute Gasteiger partial charge is 0.496 e. The molecule has 0 unspecified atom stereocenters. The molecule has 1 aromatic carbocycles. The SMILES string of the molecule is COc1ccc(C=C2SC(=S)N(CCC3CCCC3)C2=O)cc1C. The molecule has 24 heavy (non-hydrogen) atoms. The minimum Gasteiger partial charge on any atom is -0.496 e. The molecular weight excluding hydrogens is 338 g/mol. The Labute approximate surface area is 153 Å². The van der Waals surface area contributed by atoms with Crippen LogP contribution in [-0.2, 0) is 4.79 Å².